The minimum Gasteiger partial charge on any atom is -0.362 e. The summed E-state index contributed by atoms with van der Waals surface area (Å²) in [6, 6.07) is 8.01. The van der Waals surface area contributed by atoms with Crippen molar-refractivity contribution in [1.82, 2.24) is 4.90 Å². The molecule has 0 spiro atoms. The van der Waals surface area contributed by atoms with Gasteiger partial charge in [0.2, 0.25) is 0 Å². The largest absolute Gasteiger partial charge is 0.362 e. The number of sulfonamides is 1. The van der Waals surface area contributed by atoms with Crippen molar-refractivity contribution in [2.75, 3.05) is 18.9 Å². The second-order valence-corrected chi connectivity index (χ2v) is 7.71. The molecule has 9 heteroatoms. The normalized spacial score (nSPS) is 16.0. The summed E-state index contributed by atoms with van der Waals surface area (Å²) in [5.41, 5.74) is -0.0444. The highest BCUT2D eigenvalue weighted by atomic mass is 32.2. The van der Waals surface area contributed by atoms with Crippen LogP contribution < -0.4 is 5.32 Å². The Labute approximate surface area is 155 Å². The van der Waals surface area contributed by atoms with E-state index in [9.17, 15) is 22.0 Å². The summed E-state index contributed by atoms with van der Waals surface area (Å²) in [6.45, 7) is 0.763. The average Bonchev–Trinajstić information content (AvgIpc) is 2.99. The van der Waals surface area contributed by atoms with Gasteiger partial charge in [-0.2, -0.15) is 8.42 Å². The molecule has 2 aromatic rings. The van der Waals surface area contributed by atoms with Gasteiger partial charge in [0.1, 0.15) is 17.5 Å². The number of benzene rings is 2. The first-order chi connectivity index (χ1) is 12.8. The first kappa shape index (κ1) is 19.0. The lowest BCUT2D eigenvalue weighted by Crippen LogP contribution is -2.20. The first-order valence-electron chi connectivity index (χ1n) is 8.18. The second kappa shape index (κ2) is 7.43. The molecular formula is C18H17F2N3O3S. The second-order valence-electron chi connectivity index (χ2n) is 6.11. The van der Waals surface area contributed by atoms with Crippen LogP contribution in [-0.2, 0) is 10.0 Å². The molecule has 1 N–H and O–H groups in total. The SMILES string of the molecule is CN1CCCC1=NS(=O)(=O)c1ccc(NC(=O)c2ccc(F)cc2F)cc1. The molecule has 0 bridgehead atoms. The van der Waals surface area contributed by atoms with Gasteiger partial charge in [-0.25, -0.2) is 8.78 Å². The molecule has 0 radical (unpaired) electrons. The molecular weight excluding hydrogens is 376 g/mol. The summed E-state index contributed by atoms with van der Waals surface area (Å²) in [4.78, 5) is 13.9. The maximum absolute atomic E-state index is 13.7. The van der Waals surface area contributed by atoms with Crippen molar-refractivity contribution in [3.8, 4) is 0 Å². The predicted octanol–water partition coefficient (Wildman–Crippen LogP) is 3.03. The van der Waals surface area contributed by atoms with Crippen molar-refractivity contribution >= 4 is 27.5 Å². The van der Waals surface area contributed by atoms with Gasteiger partial charge in [0.05, 0.1) is 10.5 Å². The van der Waals surface area contributed by atoms with Crippen LogP contribution in [-0.4, -0.2) is 38.7 Å². The molecule has 6 nitrogen and oxygen atoms in total. The monoisotopic (exact) mass is 393 g/mol. The van der Waals surface area contributed by atoms with E-state index in [1.807, 2.05) is 0 Å². The Morgan fingerprint density at radius 2 is 1.85 bits per heavy atom. The third kappa shape index (κ3) is 4.30. The number of rotatable bonds is 4. The number of nitrogens with zero attached hydrogens (tertiary/aromatic N) is 2. The maximum Gasteiger partial charge on any atom is 0.283 e. The third-order valence-electron chi connectivity index (χ3n) is 4.15. The van der Waals surface area contributed by atoms with Crippen molar-refractivity contribution in [3.63, 3.8) is 0 Å². The zero-order valence-electron chi connectivity index (χ0n) is 14.4. The number of hydrogen-bond donors (Lipinski definition) is 1. The van der Waals surface area contributed by atoms with Crippen molar-refractivity contribution < 1.29 is 22.0 Å². The van der Waals surface area contributed by atoms with E-state index in [0.717, 1.165) is 25.1 Å². The topological polar surface area (TPSA) is 78.8 Å². The van der Waals surface area contributed by atoms with Gasteiger partial charge in [0, 0.05) is 31.8 Å². The van der Waals surface area contributed by atoms with Gasteiger partial charge in [-0.05, 0) is 42.8 Å². The molecule has 2 aromatic carbocycles. The summed E-state index contributed by atoms with van der Waals surface area (Å²) >= 11 is 0. The van der Waals surface area contributed by atoms with Gasteiger partial charge < -0.3 is 10.2 Å². The molecule has 1 aliphatic heterocycles. The van der Waals surface area contributed by atoms with Crippen LogP contribution in [0.25, 0.3) is 0 Å². The van der Waals surface area contributed by atoms with Crippen molar-refractivity contribution in [2.24, 2.45) is 4.40 Å². The number of hydrogen-bond acceptors (Lipinski definition) is 3. The molecule has 3 rings (SSSR count). The van der Waals surface area contributed by atoms with E-state index < -0.39 is 27.6 Å². The lowest BCUT2D eigenvalue weighted by Gasteiger charge is -2.11. The van der Waals surface area contributed by atoms with Crippen LogP contribution in [0.3, 0.4) is 0 Å². The minimum absolute atomic E-state index is 0.0127. The molecule has 1 aliphatic rings. The molecule has 1 saturated heterocycles. The Morgan fingerprint density at radius 3 is 2.44 bits per heavy atom. The van der Waals surface area contributed by atoms with Gasteiger partial charge in [-0.15, -0.1) is 4.40 Å². The Morgan fingerprint density at radius 1 is 1.15 bits per heavy atom. The Balaban J connectivity index is 1.76. The molecule has 0 unspecified atom stereocenters. The van der Waals surface area contributed by atoms with Crippen molar-refractivity contribution in [1.29, 1.82) is 0 Å². The van der Waals surface area contributed by atoms with E-state index in [2.05, 4.69) is 9.71 Å². The van der Waals surface area contributed by atoms with Gasteiger partial charge in [-0.1, -0.05) is 0 Å². The Hall–Kier alpha value is -2.81. The van der Waals surface area contributed by atoms with Gasteiger partial charge in [0.15, 0.2) is 0 Å². The van der Waals surface area contributed by atoms with E-state index >= 15 is 0 Å². The zero-order valence-corrected chi connectivity index (χ0v) is 15.3. The zero-order chi connectivity index (χ0) is 19.6. The number of amidine groups is 1. The highest BCUT2D eigenvalue weighted by Crippen LogP contribution is 2.20. The molecule has 27 heavy (non-hydrogen) atoms. The highest BCUT2D eigenvalue weighted by molar-refractivity contribution is 7.90. The highest BCUT2D eigenvalue weighted by Gasteiger charge is 2.20. The first-order valence-corrected chi connectivity index (χ1v) is 9.62. The van der Waals surface area contributed by atoms with Crippen LogP contribution in [0.4, 0.5) is 14.5 Å². The van der Waals surface area contributed by atoms with E-state index in [4.69, 9.17) is 0 Å². The third-order valence-corrected chi connectivity index (χ3v) is 5.46. The average molecular weight is 393 g/mol. The predicted molar refractivity (Wildman–Crippen MR) is 97.2 cm³/mol. The molecule has 0 aromatic heterocycles. The Kier molecular flexibility index (Phi) is 5.22. The number of amides is 1. The minimum atomic E-state index is -3.85. The van der Waals surface area contributed by atoms with Gasteiger partial charge in [0.25, 0.3) is 15.9 Å². The number of nitrogens with one attached hydrogen (secondary N) is 1. The summed E-state index contributed by atoms with van der Waals surface area (Å²) in [6.07, 6.45) is 1.46. The fraction of sp³-hybridized carbons (Fsp3) is 0.222. The molecule has 1 heterocycles. The lowest BCUT2D eigenvalue weighted by molar-refractivity contribution is 0.102. The van der Waals surface area contributed by atoms with E-state index in [1.54, 1.807) is 11.9 Å². The number of anilines is 1. The quantitative estimate of drug-likeness (QED) is 0.866. The van der Waals surface area contributed by atoms with Gasteiger partial charge in [-0.3, -0.25) is 4.79 Å². The molecule has 0 atom stereocenters. The summed E-state index contributed by atoms with van der Waals surface area (Å²) in [7, 11) is -2.07. The standard InChI is InChI=1S/C18H17F2N3O3S/c1-23-10-2-3-17(23)22-27(25,26)14-7-5-13(6-8-14)21-18(24)15-9-4-12(19)11-16(15)20/h4-9,11H,2-3,10H2,1H3,(H,21,24). The van der Waals surface area contributed by atoms with Crippen LogP contribution in [0.5, 0.6) is 0 Å². The number of carbonyl (C=O) groups is 1. The van der Waals surface area contributed by atoms with E-state index in [-0.39, 0.29) is 16.1 Å². The fourth-order valence-electron chi connectivity index (χ4n) is 2.68. The number of halogens is 2. The smallest absolute Gasteiger partial charge is 0.283 e. The van der Waals surface area contributed by atoms with E-state index in [1.165, 1.54) is 24.3 Å². The molecule has 0 saturated carbocycles. The molecule has 142 valence electrons. The van der Waals surface area contributed by atoms with E-state index in [0.29, 0.717) is 18.3 Å². The summed E-state index contributed by atoms with van der Waals surface area (Å²) in [5, 5.41) is 2.44. The Bertz CT molecular complexity index is 1010. The van der Waals surface area contributed by atoms with Crippen LogP contribution in [0.2, 0.25) is 0 Å². The number of likely N-dealkylation sites (tertiary alicyclic amines) is 1. The molecule has 1 fully saturated rings. The summed E-state index contributed by atoms with van der Waals surface area (Å²) < 4.78 is 55.2. The molecule has 1 amide bonds. The van der Waals surface area contributed by atoms with Crippen LogP contribution in [0.15, 0.2) is 51.8 Å². The van der Waals surface area contributed by atoms with Crippen molar-refractivity contribution in [3.05, 3.63) is 59.7 Å². The van der Waals surface area contributed by atoms with Gasteiger partial charge >= 0.3 is 0 Å². The van der Waals surface area contributed by atoms with Crippen LogP contribution in [0.1, 0.15) is 23.2 Å². The fourth-order valence-corrected chi connectivity index (χ4v) is 3.78. The number of carbonyl (C=O) groups excluding carboxylic acids is 1. The lowest BCUT2D eigenvalue weighted by atomic mass is 10.2. The van der Waals surface area contributed by atoms with Crippen molar-refractivity contribution in [2.45, 2.75) is 17.7 Å². The summed E-state index contributed by atoms with van der Waals surface area (Å²) in [5.74, 6) is -2.02. The van der Waals surface area contributed by atoms with Crippen LogP contribution >= 0.6 is 0 Å². The maximum atomic E-state index is 13.7. The van der Waals surface area contributed by atoms with Crippen LogP contribution in [0, 0.1) is 11.6 Å². The molecule has 0 aliphatic carbocycles.